The van der Waals surface area contributed by atoms with E-state index in [1.54, 1.807) is 6.07 Å². The van der Waals surface area contributed by atoms with E-state index in [2.05, 4.69) is 10.3 Å². The number of hydrogen-bond donors (Lipinski definition) is 3. The van der Waals surface area contributed by atoms with Crippen molar-refractivity contribution in [1.82, 2.24) is 10.3 Å². The second-order valence-electron chi connectivity index (χ2n) is 5.59. The number of aromatic nitrogens is 1. The highest BCUT2D eigenvalue weighted by Crippen LogP contribution is 2.11. The van der Waals surface area contributed by atoms with Crippen LogP contribution in [0.15, 0.2) is 59.4 Å². The van der Waals surface area contributed by atoms with Crippen LogP contribution in [0.4, 0.5) is 0 Å². The molecule has 3 rings (SSSR count). The van der Waals surface area contributed by atoms with E-state index in [4.69, 9.17) is 0 Å². The molecular weight excluding hydrogens is 304 g/mol. The predicted octanol–water partition coefficient (Wildman–Crippen LogP) is 1.88. The van der Waals surface area contributed by atoms with Gasteiger partial charge in [0.2, 0.25) is 5.91 Å². The van der Waals surface area contributed by atoms with Gasteiger partial charge in [-0.25, -0.2) is 0 Å². The van der Waals surface area contributed by atoms with Crippen molar-refractivity contribution < 1.29 is 9.90 Å². The summed E-state index contributed by atoms with van der Waals surface area (Å²) in [5.41, 5.74) is 2.58. The van der Waals surface area contributed by atoms with Gasteiger partial charge < -0.3 is 15.4 Å². The van der Waals surface area contributed by atoms with Crippen LogP contribution in [0.5, 0.6) is 0 Å². The molecule has 3 N–H and O–H groups in total. The zero-order valence-electron chi connectivity index (χ0n) is 13.1. The number of aromatic amines is 1. The predicted molar refractivity (Wildman–Crippen MR) is 92.5 cm³/mol. The van der Waals surface area contributed by atoms with Gasteiger partial charge in [0.05, 0.1) is 13.0 Å². The normalized spacial score (nSPS) is 10.7. The first-order chi connectivity index (χ1) is 11.7. The van der Waals surface area contributed by atoms with Gasteiger partial charge in [-0.1, -0.05) is 42.5 Å². The molecule has 0 aliphatic carbocycles. The van der Waals surface area contributed by atoms with Crippen molar-refractivity contribution >= 4 is 16.8 Å². The summed E-state index contributed by atoms with van der Waals surface area (Å²) in [5, 5.41) is 13.0. The molecule has 0 aliphatic rings. The zero-order valence-corrected chi connectivity index (χ0v) is 13.1. The van der Waals surface area contributed by atoms with E-state index in [0.717, 1.165) is 22.0 Å². The summed E-state index contributed by atoms with van der Waals surface area (Å²) in [7, 11) is 0. The highest BCUT2D eigenvalue weighted by atomic mass is 16.3. The van der Waals surface area contributed by atoms with E-state index >= 15 is 0 Å². The molecule has 0 saturated carbocycles. The van der Waals surface area contributed by atoms with Crippen LogP contribution in [-0.2, 0) is 24.4 Å². The molecule has 1 amide bonds. The molecule has 3 aromatic rings. The molecule has 0 bridgehead atoms. The van der Waals surface area contributed by atoms with E-state index in [9.17, 15) is 14.7 Å². The number of aliphatic hydroxyl groups excluding tert-OH is 1. The van der Waals surface area contributed by atoms with E-state index in [0.29, 0.717) is 12.1 Å². The monoisotopic (exact) mass is 322 g/mol. The van der Waals surface area contributed by atoms with Crippen LogP contribution in [0, 0.1) is 0 Å². The number of hydrogen-bond acceptors (Lipinski definition) is 3. The van der Waals surface area contributed by atoms with Gasteiger partial charge in [-0.2, -0.15) is 0 Å². The Balaban J connectivity index is 1.71. The number of carbonyl (C=O) groups excluding carboxylic acids is 1. The van der Waals surface area contributed by atoms with E-state index in [1.807, 2.05) is 48.5 Å². The average Bonchev–Trinajstić information content (AvgIpc) is 2.61. The Bertz CT molecular complexity index is 931. The number of pyridine rings is 1. The molecule has 2 aromatic carbocycles. The number of amides is 1. The van der Waals surface area contributed by atoms with Gasteiger partial charge in [0.1, 0.15) is 0 Å². The Morgan fingerprint density at radius 2 is 1.71 bits per heavy atom. The van der Waals surface area contributed by atoms with Crippen molar-refractivity contribution in [3.63, 3.8) is 0 Å². The molecular formula is C19H18N2O3. The topological polar surface area (TPSA) is 82.2 Å². The summed E-state index contributed by atoms with van der Waals surface area (Å²) in [5.74, 6) is -0.233. The summed E-state index contributed by atoms with van der Waals surface area (Å²) in [6.45, 7) is 0.247. The molecule has 1 aromatic heterocycles. The number of benzene rings is 2. The summed E-state index contributed by atoms with van der Waals surface area (Å²) >= 11 is 0. The first-order valence-electron chi connectivity index (χ1n) is 7.72. The van der Waals surface area contributed by atoms with Gasteiger partial charge in [-0.3, -0.25) is 9.59 Å². The minimum absolute atomic E-state index is 0.0153. The molecule has 122 valence electrons. The summed E-state index contributed by atoms with van der Waals surface area (Å²) in [4.78, 5) is 27.0. The van der Waals surface area contributed by atoms with Gasteiger partial charge in [0, 0.05) is 17.6 Å². The Hall–Kier alpha value is -2.92. The molecule has 0 spiro atoms. The third kappa shape index (κ3) is 3.52. The minimum Gasteiger partial charge on any atom is -0.392 e. The van der Waals surface area contributed by atoms with Crippen molar-refractivity contribution in [1.29, 1.82) is 0 Å². The molecule has 5 nitrogen and oxygen atoms in total. The van der Waals surface area contributed by atoms with Crippen molar-refractivity contribution in [2.75, 3.05) is 0 Å². The fourth-order valence-corrected chi connectivity index (χ4v) is 2.64. The molecule has 24 heavy (non-hydrogen) atoms. The fourth-order valence-electron chi connectivity index (χ4n) is 2.64. The SMILES string of the molecule is O=C(Cc1cc2ccccc2[nH]c1=O)NCc1ccccc1CO. The van der Waals surface area contributed by atoms with Crippen LogP contribution in [0.2, 0.25) is 0 Å². The molecule has 0 aliphatic heterocycles. The second kappa shape index (κ2) is 7.10. The maximum absolute atomic E-state index is 12.1. The van der Waals surface area contributed by atoms with Gasteiger partial charge in [-0.05, 0) is 28.6 Å². The highest BCUT2D eigenvalue weighted by Gasteiger charge is 2.09. The lowest BCUT2D eigenvalue weighted by Crippen LogP contribution is -2.27. The first-order valence-corrected chi connectivity index (χ1v) is 7.72. The van der Waals surface area contributed by atoms with Gasteiger partial charge in [-0.15, -0.1) is 0 Å². The van der Waals surface area contributed by atoms with Crippen molar-refractivity contribution in [3.8, 4) is 0 Å². The van der Waals surface area contributed by atoms with Crippen LogP contribution < -0.4 is 10.9 Å². The summed E-state index contributed by atoms with van der Waals surface area (Å²) in [6, 6.07) is 16.6. The van der Waals surface area contributed by atoms with Crippen LogP contribution in [0.1, 0.15) is 16.7 Å². The molecule has 0 atom stereocenters. The Morgan fingerprint density at radius 3 is 2.50 bits per heavy atom. The third-order valence-corrected chi connectivity index (χ3v) is 3.95. The Morgan fingerprint density at radius 1 is 1.00 bits per heavy atom. The number of para-hydroxylation sites is 1. The maximum Gasteiger partial charge on any atom is 0.252 e. The first kappa shape index (κ1) is 16.0. The Kier molecular flexibility index (Phi) is 4.72. The largest absolute Gasteiger partial charge is 0.392 e. The lowest BCUT2D eigenvalue weighted by molar-refractivity contribution is -0.120. The van der Waals surface area contributed by atoms with E-state index < -0.39 is 0 Å². The smallest absolute Gasteiger partial charge is 0.252 e. The standard InChI is InChI=1S/C19H18N2O3/c22-12-15-7-2-1-6-14(15)11-20-18(23)10-16-9-13-5-3-4-8-17(13)21-19(16)24/h1-9,22H,10-12H2,(H,20,23)(H,21,24). The van der Waals surface area contributed by atoms with Crippen LogP contribution in [0.25, 0.3) is 10.9 Å². The zero-order chi connectivity index (χ0) is 16.9. The van der Waals surface area contributed by atoms with E-state index in [1.165, 1.54) is 0 Å². The molecule has 1 heterocycles. The molecule has 0 radical (unpaired) electrons. The van der Waals surface area contributed by atoms with Crippen LogP contribution >= 0.6 is 0 Å². The van der Waals surface area contributed by atoms with Crippen molar-refractivity contribution in [2.45, 2.75) is 19.6 Å². The van der Waals surface area contributed by atoms with E-state index in [-0.39, 0.29) is 24.5 Å². The minimum atomic E-state index is -0.250. The number of H-pyrrole nitrogens is 1. The quantitative estimate of drug-likeness (QED) is 0.671. The van der Waals surface area contributed by atoms with Crippen molar-refractivity contribution in [3.05, 3.63) is 81.6 Å². The fraction of sp³-hybridized carbons (Fsp3) is 0.158. The lowest BCUT2D eigenvalue weighted by Gasteiger charge is -2.09. The molecule has 5 heteroatoms. The maximum atomic E-state index is 12.1. The number of aliphatic hydroxyl groups is 1. The van der Waals surface area contributed by atoms with Gasteiger partial charge in [0.15, 0.2) is 0 Å². The molecule has 0 unspecified atom stereocenters. The number of rotatable bonds is 5. The summed E-state index contributed by atoms with van der Waals surface area (Å²) in [6.07, 6.45) is 0.0153. The van der Waals surface area contributed by atoms with Crippen molar-refractivity contribution in [2.24, 2.45) is 0 Å². The Labute approximate surface area is 139 Å². The van der Waals surface area contributed by atoms with Gasteiger partial charge >= 0.3 is 0 Å². The second-order valence-corrected chi connectivity index (χ2v) is 5.59. The lowest BCUT2D eigenvalue weighted by atomic mass is 10.1. The van der Waals surface area contributed by atoms with Crippen LogP contribution in [-0.4, -0.2) is 16.0 Å². The summed E-state index contributed by atoms with van der Waals surface area (Å²) < 4.78 is 0. The van der Waals surface area contributed by atoms with Crippen LogP contribution in [0.3, 0.4) is 0 Å². The molecule has 0 fully saturated rings. The third-order valence-electron chi connectivity index (χ3n) is 3.95. The highest BCUT2D eigenvalue weighted by molar-refractivity contribution is 5.82. The molecule has 0 saturated heterocycles. The number of fused-ring (bicyclic) bond motifs is 1. The number of carbonyl (C=O) groups is 1. The van der Waals surface area contributed by atoms with Gasteiger partial charge in [0.25, 0.3) is 5.56 Å². The number of nitrogens with one attached hydrogen (secondary N) is 2. The average molecular weight is 322 g/mol.